The minimum Gasteiger partial charge on any atom is -0.363 e. The first-order valence-electron chi connectivity index (χ1n) is 12.3. The van der Waals surface area contributed by atoms with E-state index in [-0.39, 0.29) is 12.1 Å². The van der Waals surface area contributed by atoms with Gasteiger partial charge in [-0.3, -0.25) is 0 Å². The van der Waals surface area contributed by atoms with E-state index in [0.717, 1.165) is 105 Å². The molecule has 0 spiro atoms. The van der Waals surface area contributed by atoms with Crippen LogP contribution in [0.25, 0.3) is 0 Å². The molecule has 0 aromatic carbocycles. The molecular formula is C26H41N7. The first-order chi connectivity index (χ1) is 15.8. The van der Waals surface area contributed by atoms with E-state index in [0.29, 0.717) is 0 Å². The van der Waals surface area contributed by atoms with Gasteiger partial charge in [-0.15, -0.1) is 0 Å². The average Bonchev–Trinajstić information content (AvgIpc) is 2.73. The zero-order chi connectivity index (χ0) is 24.0. The van der Waals surface area contributed by atoms with Crippen LogP contribution in [0.2, 0.25) is 0 Å². The minimum absolute atomic E-state index is 0.245. The van der Waals surface area contributed by atoms with Crippen molar-refractivity contribution in [3.63, 3.8) is 0 Å². The third kappa shape index (κ3) is 6.59. The Bertz CT molecular complexity index is 790. The second-order valence-electron chi connectivity index (χ2n) is 9.36. The van der Waals surface area contributed by atoms with Gasteiger partial charge in [0.05, 0.1) is 0 Å². The second-order valence-corrected chi connectivity index (χ2v) is 9.36. The molecule has 7 heteroatoms. The first-order valence-corrected chi connectivity index (χ1v) is 12.3. The lowest BCUT2D eigenvalue weighted by atomic mass is 10.00. The lowest BCUT2D eigenvalue weighted by molar-refractivity contribution is 0.494. The van der Waals surface area contributed by atoms with E-state index in [1.54, 1.807) is 0 Å². The van der Waals surface area contributed by atoms with Gasteiger partial charge in [0.1, 0.15) is 5.82 Å². The van der Waals surface area contributed by atoms with Crippen molar-refractivity contribution in [3.8, 4) is 0 Å². The Labute approximate surface area is 199 Å². The Morgan fingerprint density at radius 1 is 0.697 bits per heavy atom. The summed E-state index contributed by atoms with van der Waals surface area (Å²) >= 11 is 0. The zero-order valence-corrected chi connectivity index (χ0v) is 20.8. The average molecular weight is 452 g/mol. The van der Waals surface area contributed by atoms with Crippen LogP contribution in [0.5, 0.6) is 0 Å². The lowest BCUT2D eigenvalue weighted by Gasteiger charge is -2.38. The fourth-order valence-electron chi connectivity index (χ4n) is 4.69. The molecule has 2 saturated heterocycles. The van der Waals surface area contributed by atoms with Crippen molar-refractivity contribution in [2.75, 3.05) is 22.9 Å². The smallest absolute Gasteiger partial charge is 0.230 e. The Hall–Kier alpha value is -2.83. The molecule has 180 valence electrons. The number of unbranched alkanes of at least 4 members (excludes halogenated alkanes) is 2. The van der Waals surface area contributed by atoms with Crippen molar-refractivity contribution >= 4 is 11.9 Å². The Balaban J connectivity index is 1.96. The van der Waals surface area contributed by atoms with Crippen molar-refractivity contribution in [1.29, 1.82) is 0 Å². The van der Waals surface area contributed by atoms with Crippen LogP contribution >= 0.6 is 0 Å². The molecule has 0 unspecified atom stereocenters. The molecule has 2 fully saturated rings. The maximum absolute atomic E-state index is 5.06. The van der Waals surface area contributed by atoms with Crippen LogP contribution in [-0.2, 0) is 0 Å². The normalized spacial score (nSPS) is 17.7. The first kappa shape index (κ1) is 24.8. The number of aromatic nitrogens is 3. The molecule has 3 heterocycles. The summed E-state index contributed by atoms with van der Waals surface area (Å²) in [7, 11) is 0. The van der Waals surface area contributed by atoms with Gasteiger partial charge in [0.25, 0.3) is 0 Å². The van der Waals surface area contributed by atoms with Crippen molar-refractivity contribution in [1.82, 2.24) is 25.6 Å². The van der Waals surface area contributed by atoms with Gasteiger partial charge in [-0.05, 0) is 19.8 Å². The van der Waals surface area contributed by atoms with Crippen LogP contribution in [0.15, 0.2) is 49.1 Å². The van der Waals surface area contributed by atoms with E-state index in [1.165, 1.54) is 0 Å². The minimum atomic E-state index is 0.245. The monoisotopic (exact) mass is 451 g/mol. The van der Waals surface area contributed by atoms with Crippen LogP contribution in [0.3, 0.4) is 0 Å². The van der Waals surface area contributed by atoms with Gasteiger partial charge in [0, 0.05) is 73.6 Å². The number of piperidine rings is 2. The Morgan fingerprint density at radius 2 is 1.06 bits per heavy atom. The maximum Gasteiger partial charge on any atom is 0.230 e. The van der Waals surface area contributed by atoms with Gasteiger partial charge in [0.2, 0.25) is 11.9 Å². The number of nitrogens with one attached hydrogen (secondary N) is 2. The fourth-order valence-corrected chi connectivity index (χ4v) is 4.69. The van der Waals surface area contributed by atoms with Gasteiger partial charge in [-0.1, -0.05) is 53.0 Å². The molecule has 2 aliphatic heterocycles. The van der Waals surface area contributed by atoms with E-state index in [9.17, 15) is 0 Å². The lowest BCUT2D eigenvalue weighted by Crippen LogP contribution is -2.44. The maximum atomic E-state index is 5.06. The predicted octanol–water partition coefficient (Wildman–Crippen LogP) is 4.95. The third-order valence-electron chi connectivity index (χ3n) is 6.26. The van der Waals surface area contributed by atoms with Crippen LogP contribution < -0.4 is 20.4 Å². The molecule has 0 atom stereocenters. The summed E-state index contributed by atoms with van der Waals surface area (Å²) in [5.41, 5.74) is 4.00. The molecule has 1 aromatic rings. The highest BCUT2D eigenvalue weighted by Crippen LogP contribution is 2.29. The Morgan fingerprint density at radius 3 is 1.39 bits per heavy atom. The highest BCUT2D eigenvalue weighted by molar-refractivity contribution is 5.43. The summed E-state index contributed by atoms with van der Waals surface area (Å²) in [5.74, 6) is 2.26. The summed E-state index contributed by atoms with van der Waals surface area (Å²) in [4.78, 5) is 19.3. The van der Waals surface area contributed by atoms with Crippen LogP contribution in [-0.4, -0.2) is 40.1 Å². The quantitative estimate of drug-likeness (QED) is 0.521. The highest BCUT2D eigenvalue weighted by atomic mass is 15.4. The summed E-state index contributed by atoms with van der Waals surface area (Å²) in [6.07, 6.45) is 7.82. The topological polar surface area (TPSA) is 69.2 Å². The molecule has 0 bridgehead atoms. The molecule has 1 aromatic heterocycles. The van der Waals surface area contributed by atoms with Crippen LogP contribution in [0, 0.1) is 6.92 Å². The number of anilines is 2. The van der Waals surface area contributed by atoms with E-state index in [4.69, 9.17) is 15.0 Å². The van der Waals surface area contributed by atoms with Crippen molar-refractivity contribution in [2.45, 2.75) is 84.2 Å². The summed E-state index contributed by atoms with van der Waals surface area (Å²) < 4.78 is 0. The number of nitrogens with zero attached hydrogens (tertiary/aromatic N) is 5. The van der Waals surface area contributed by atoms with E-state index >= 15 is 0 Å². The molecule has 0 aliphatic carbocycles. The number of hydrogen-bond acceptors (Lipinski definition) is 7. The highest BCUT2D eigenvalue weighted by Gasteiger charge is 2.30. The largest absolute Gasteiger partial charge is 0.363 e. The molecule has 0 radical (unpaired) electrons. The zero-order valence-electron chi connectivity index (χ0n) is 20.8. The van der Waals surface area contributed by atoms with Gasteiger partial charge in [-0.2, -0.15) is 15.0 Å². The number of hydrogen-bond donors (Lipinski definition) is 2. The van der Waals surface area contributed by atoms with Gasteiger partial charge in [0.15, 0.2) is 0 Å². The van der Waals surface area contributed by atoms with E-state index in [2.05, 4.69) is 60.6 Å². The van der Waals surface area contributed by atoms with Gasteiger partial charge >= 0.3 is 0 Å². The molecular weight excluding hydrogens is 410 g/mol. The van der Waals surface area contributed by atoms with Crippen LogP contribution in [0.4, 0.5) is 11.9 Å². The SMILES string of the molecule is C=C1CC(N(CCCC)c2nc(C)nc(N(CCCC)C3CC(=C)NC(=C)C3)n2)CC(=C)N1. The van der Waals surface area contributed by atoms with Crippen LogP contribution in [0.1, 0.15) is 71.0 Å². The predicted molar refractivity (Wildman–Crippen MR) is 138 cm³/mol. The molecule has 3 rings (SSSR count). The van der Waals surface area contributed by atoms with E-state index < -0.39 is 0 Å². The Kier molecular flexibility index (Phi) is 8.53. The molecule has 7 nitrogen and oxygen atoms in total. The standard InChI is InChI=1S/C26H41N7/c1-8-10-12-32(23-14-18(3)27-19(4)15-23)25-29-22(7)30-26(31-25)33(13-11-9-2)24-16-20(5)28-21(6)17-24/h23-24,27-28H,3-6,8-17H2,1-2,7H3. The van der Waals surface area contributed by atoms with Gasteiger partial charge in [-0.25, -0.2) is 0 Å². The fraction of sp³-hybridized carbons (Fsp3) is 0.577. The summed E-state index contributed by atoms with van der Waals surface area (Å²) in [5, 5.41) is 6.58. The van der Waals surface area contributed by atoms with Crippen molar-refractivity contribution in [2.24, 2.45) is 0 Å². The number of rotatable bonds is 10. The molecule has 33 heavy (non-hydrogen) atoms. The molecule has 0 amide bonds. The number of aryl methyl sites for hydroxylation is 1. The summed E-state index contributed by atoms with van der Waals surface area (Å²) in [6, 6.07) is 0.491. The third-order valence-corrected chi connectivity index (χ3v) is 6.26. The van der Waals surface area contributed by atoms with E-state index in [1.807, 2.05) is 6.92 Å². The molecule has 2 N–H and O–H groups in total. The molecule has 2 aliphatic rings. The summed E-state index contributed by atoms with van der Waals surface area (Å²) in [6.45, 7) is 24.8. The van der Waals surface area contributed by atoms with Gasteiger partial charge < -0.3 is 20.4 Å². The van der Waals surface area contributed by atoms with Crippen molar-refractivity contribution < 1.29 is 0 Å². The second kappa shape index (κ2) is 11.3. The van der Waals surface area contributed by atoms with Crippen molar-refractivity contribution in [3.05, 3.63) is 54.9 Å². The molecule has 0 saturated carbocycles.